The van der Waals surface area contributed by atoms with E-state index in [1.807, 2.05) is 0 Å². The van der Waals surface area contributed by atoms with Crippen LogP contribution in [0.1, 0.15) is 13.8 Å². The van der Waals surface area contributed by atoms with Gasteiger partial charge in [-0.2, -0.15) is 0 Å². The fourth-order valence-electron chi connectivity index (χ4n) is 0.140. The van der Waals surface area contributed by atoms with Crippen LogP contribution in [0.5, 0.6) is 0 Å². The Bertz CT molecular complexity index is 138. The standard InChI is InChI=1S/C3H7O4P.C2H6O/c1-2-3-7-8(4,5)6;1-2-3/h2-3H,1H3,(H2,4,5,6);3H,2H2,1H3/b3-2-;. The van der Waals surface area contributed by atoms with Gasteiger partial charge < -0.3 is 9.63 Å². The molecule has 68 valence electrons. The van der Waals surface area contributed by atoms with Crippen molar-refractivity contribution in [3.63, 3.8) is 0 Å². The Kier molecular flexibility index (Phi) is 9.34. The molecule has 0 bridgehead atoms. The Hall–Kier alpha value is -0.350. The molecule has 0 saturated heterocycles. The smallest absolute Gasteiger partial charge is 0.413 e. The normalized spacial score (nSPS) is 10.6. The lowest BCUT2D eigenvalue weighted by atomic mass is 10.8. The van der Waals surface area contributed by atoms with E-state index in [0.29, 0.717) is 0 Å². The van der Waals surface area contributed by atoms with Gasteiger partial charge in [-0.15, -0.1) is 0 Å². The van der Waals surface area contributed by atoms with Crippen molar-refractivity contribution in [2.45, 2.75) is 13.8 Å². The van der Waals surface area contributed by atoms with E-state index in [4.69, 9.17) is 14.9 Å². The summed E-state index contributed by atoms with van der Waals surface area (Å²) in [7, 11) is -4.27. The highest BCUT2D eigenvalue weighted by Gasteiger charge is 2.10. The van der Waals surface area contributed by atoms with Crippen LogP contribution in [0, 0.1) is 0 Å². The van der Waals surface area contributed by atoms with E-state index < -0.39 is 7.82 Å². The van der Waals surface area contributed by atoms with E-state index in [2.05, 4.69) is 4.52 Å². The molecule has 11 heavy (non-hydrogen) atoms. The predicted octanol–water partition coefficient (Wildman–Crippen LogP) is 0.628. The maximum Gasteiger partial charge on any atom is 0.524 e. The van der Waals surface area contributed by atoms with Crippen molar-refractivity contribution in [3.8, 4) is 0 Å². The molecule has 0 aromatic rings. The molecule has 0 aliphatic heterocycles. The largest absolute Gasteiger partial charge is 0.524 e. The van der Waals surface area contributed by atoms with Crippen LogP contribution >= 0.6 is 7.82 Å². The van der Waals surface area contributed by atoms with Gasteiger partial charge in [0.15, 0.2) is 0 Å². The topological polar surface area (TPSA) is 87.0 Å². The van der Waals surface area contributed by atoms with Gasteiger partial charge in [-0.25, -0.2) is 4.57 Å². The maximum absolute atomic E-state index is 9.81. The van der Waals surface area contributed by atoms with Crippen molar-refractivity contribution in [1.82, 2.24) is 0 Å². The molecule has 0 fully saturated rings. The monoisotopic (exact) mass is 184 g/mol. The maximum atomic E-state index is 9.81. The van der Waals surface area contributed by atoms with Crippen molar-refractivity contribution in [3.05, 3.63) is 12.3 Å². The summed E-state index contributed by atoms with van der Waals surface area (Å²) in [5, 5.41) is 7.57. The van der Waals surface area contributed by atoms with Crippen LogP contribution < -0.4 is 0 Å². The summed E-state index contributed by atoms with van der Waals surface area (Å²) in [6.07, 6.45) is 2.33. The summed E-state index contributed by atoms with van der Waals surface area (Å²) in [4.78, 5) is 16.0. The molecule has 0 heterocycles. The van der Waals surface area contributed by atoms with Gasteiger partial charge in [0.1, 0.15) is 0 Å². The van der Waals surface area contributed by atoms with E-state index in [-0.39, 0.29) is 6.61 Å². The van der Waals surface area contributed by atoms with Crippen molar-refractivity contribution < 1.29 is 24.0 Å². The summed E-state index contributed by atoms with van der Waals surface area (Å²) in [6, 6.07) is 0. The number of rotatable bonds is 2. The Balaban J connectivity index is 0. The van der Waals surface area contributed by atoms with Crippen LogP contribution in [0.2, 0.25) is 0 Å². The molecule has 0 aromatic carbocycles. The number of hydrogen-bond acceptors (Lipinski definition) is 3. The molecule has 0 rings (SSSR count). The molecule has 0 amide bonds. The minimum Gasteiger partial charge on any atom is -0.413 e. The highest BCUT2D eigenvalue weighted by atomic mass is 31.2. The van der Waals surface area contributed by atoms with Crippen molar-refractivity contribution in [1.29, 1.82) is 0 Å². The second-order valence-electron chi connectivity index (χ2n) is 1.38. The highest BCUT2D eigenvalue weighted by Crippen LogP contribution is 2.35. The molecule has 0 spiro atoms. The zero-order valence-corrected chi connectivity index (χ0v) is 7.36. The number of aliphatic hydroxyl groups excluding tert-OH is 1. The number of hydrogen-bond donors (Lipinski definition) is 3. The molecule has 6 heteroatoms. The van der Waals surface area contributed by atoms with Gasteiger partial charge in [-0.1, -0.05) is 6.08 Å². The fraction of sp³-hybridized carbons (Fsp3) is 0.600. The quantitative estimate of drug-likeness (QED) is 0.432. The second-order valence-corrected chi connectivity index (χ2v) is 2.57. The zero-order valence-electron chi connectivity index (χ0n) is 6.47. The van der Waals surface area contributed by atoms with Crippen LogP contribution in [-0.2, 0) is 9.09 Å². The molecule has 0 unspecified atom stereocenters. The van der Waals surface area contributed by atoms with Crippen LogP contribution in [-0.4, -0.2) is 21.5 Å². The van der Waals surface area contributed by atoms with Crippen molar-refractivity contribution in [2.24, 2.45) is 0 Å². The number of phosphoric acid groups is 1. The van der Waals surface area contributed by atoms with E-state index in [9.17, 15) is 4.57 Å². The Labute approximate surface area is 65.6 Å². The highest BCUT2D eigenvalue weighted by molar-refractivity contribution is 7.46. The third kappa shape index (κ3) is 26.1. The molecule has 0 aliphatic carbocycles. The lowest BCUT2D eigenvalue weighted by Crippen LogP contribution is -1.76. The summed E-state index contributed by atoms with van der Waals surface area (Å²) in [6.45, 7) is 3.52. The first kappa shape index (κ1) is 13.3. The van der Waals surface area contributed by atoms with E-state index in [0.717, 1.165) is 6.26 Å². The first-order chi connectivity index (χ1) is 4.97. The molecule has 0 aromatic heterocycles. The molecule has 5 nitrogen and oxygen atoms in total. The molecule has 0 saturated carbocycles. The Morgan fingerprint density at radius 1 is 1.55 bits per heavy atom. The third-order valence-corrected chi connectivity index (χ3v) is 0.731. The van der Waals surface area contributed by atoms with Crippen molar-refractivity contribution >= 4 is 7.82 Å². The second kappa shape index (κ2) is 7.75. The van der Waals surface area contributed by atoms with Gasteiger partial charge in [0.25, 0.3) is 0 Å². The summed E-state index contributed by atoms with van der Waals surface area (Å²) < 4.78 is 13.7. The molecule has 0 atom stereocenters. The van der Waals surface area contributed by atoms with Crippen LogP contribution in [0.4, 0.5) is 0 Å². The number of phosphoric ester groups is 1. The minimum absolute atomic E-state index is 0.250. The van der Waals surface area contributed by atoms with Crippen molar-refractivity contribution in [2.75, 3.05) is 6.61 Å². The van der Waals surface area contributed by atoms with Gasteiger partial charge >= 0.3 is 7.82 Å². The molecular weight excluding hydrogens is 171 g/mol. The number of allylic oxidation sites excluding steroid dienone is 1. The fourth-order valence-corrected chi connectivity index (χ4v) is 0.420. The summed E-state index contributed by atoms with van der Waals surface area (Å²) in [5.74, 6) is 0. The van der Waals surface area contributed by atoms with Gasteiger partial charge in [-0.05, 0) is 13.8 Å². The minimum atomic E-state index is -4.27. The zero-order chi connectivity index (χ0) is 9.33. The average Bonchev–Trinajstić information content (AvgIpc) is 1.84. The first-order valence-electron chi connectivity index (χ1n) is 2.93. The molecule has 3 N–H and O–H groups in total. The summed E-state index contributed by atoms with van der Waals surface area (Å²) >= 11 is 0. The van der Waals surface area contributed by atoms with Crippen LogP contribution in [0.3, 0.4) is 0 Å². The van der Waals surface area contributed by atoms with Gasteiger partial charge in [0, 0.05) is 6.61 Å². The van der Waals surface area contributed by atoms with Crippen LogP contribution in [0.25, 0.3) is 0 Å². The Morgan fingerprint density at radius 3 is 2.00 bits per heavy atom. The third-order valence-electron chi connectivity index (χ3n) is 0.334. The Morgan fingerprint density at radius 2 is 1.91 bits per heavy atom. The van der Waals surface area contributed by atoms with E-state index >= 15 is 0 Å². The SMILES string of the molecule is C/C=C\OP(=O)(O)O.CCO. The molecule has 0 aliphatic rings. The van der Waals surface area contributed by atoms with E-state index in [1.165, 1.54) is 6.08 Å². The lowest BCUT2D eigenvalue weighted by molar-refractivity contribution is 0.258. The van der Waals surface area contributed by atoms with Gasteiger partial charge in [0.2, 0.25) is 0 Å². The van der Waals surface area contributed by atoms with Crippen LogP contribution in [0.15, 0.2) is 12.3 Å². The summed E-state index contributed by atoms with van der Waals surface area (Å²) in [5.41, 5.74) is 0. The predicted molar refractivity (Wildman–Crippen MR) is 40.7 cm³/mol. The first-order valence-corrected chi connectivity index (χ1v) is 4.47. The van der Waals surface area contributed by atoms with Gasteiger partial charge in [0.05, 0.1) is 6.26 Å². The lowest BCUT2D eigenvalue weighted by Gasteiger charge is -1.97. The average molecular weight is 184 g/mol. The molecular formula is C5H13O5P. The number of aliphatic hydroxyl groups is 1. The molecule has 0 radical (unpaired) electrons. The van der Waals surface area contributed by atoms with E-state index in [1.54, 1.807) is 13.8 Å². The van der Waals surface area contributed by atoms with Gasteiger partial charge in [-0.3, -0.25) is 9.79 Å².